The van der Waals surface area contributed by atoms with Crippen LogP contribution in [0.2, 0.25) is 0 Å². The summed E-state index contributed by atoms with van der Waals surface area (Å²) in [6.45, 7) is 5.45. The maximum absolute atomic E-state index is 12.2. The highest BCUT2D eigenvalue weighted by molar-refractivity contribution is 6.03. The number of benzene rings is 1. The molecule has 0 bridgehead atoms. The van der Waals surface area contributed by atoms with Crippen molar-refractivity contribution in [3.8, 4) is 0 Å². The van der Waals surface area contributed by atoms with E-state index in [0.29, 0.717) is 23.6 Å². The normalized spacial score (nSPS) is 11.8. The minimum atomic E-state index is -0.301. The fourth-order valence-corrected chi connectivity index (χ4v) is 2.50. The predicted molar refractivity (Wildman–Crippen MR) is 95.6 cm³/mol. The maximum atomic E-state index is 12.2. The van der Waals surface area contributed by atoms with Crippen molar-refractivity contribution in [2.45, 2.75) is 39.7 Å². The Morgan fingerprint density at radius 2 is 1.88 bits per heavy atom. The van der Waals surface area contributed by atoms with Crippen LogP contribution < -0.4 is 10.6 Å². The molecule has 0 saturated carbocycles. The molecule has 6 nitrogen and oxygen atoms in total. The van der Waals surface area contributed by atoms with Crippen molar-refractivity contribution in [2.75, 3.05) is 11.9 Å². The van der Waals surface area contributed by atoms with Crippen molar-refractivity contribution in [3.05, 3.63) is 53.0 Å². The molecule has 0 spiro atoms. The lowest BCUT2D eigenvalue weighted by molar-refractivity contribution is -0.121. The van der Waals surface area contributed by atoms with Crippen LogP contribution in [-0.4, -0.2) is 29.6 Å². The van der Waals surface area contributed by atoms with E-state index in [1.54, 1.807) is 31.2 Å². The van der Waals surface area contributed by atoms with Crippen molar-refractivity contribution in [1.82, 2.24) is 5.32 Å². The van der Waals surface area contributed by atoms with Gasteiger partial charge in [-0.25, -0.2) is 0 Å². The molecule has 0 aliphatic rings. The zero-order valence-corrected chi connectivity index (χ0v) is 14.8. The van der Waals surface area contributed by atoms with E-state index in [0.717, 1.165) is 11.1 Å². The van der Waals surface area contributed by atoms with Crippen molar-refractivity contribution in [1.29, 1.82) is 0 Å². The van der Waals surface area contributed by atoms with Crippen LogP contribution in [0.4, 0.5) is 5.69 Å². The van der Waals surface area contributed by atoms with Gasteiger partial charge in [0.1, 0.15) is 5.76 Å². The highest BCUT2D eigenvalue weighted by Gasteiger charge is 2.15. The number of carbonyl (C=O) groups excluding carboxylic acids is 2. The van der Waals surface area contributed by atoms with Crippen LogP contribution in [0.3, 0.4) is 0 Å². The first-order chi connectivity index (χ1) is 11.9. The van der Waals surface area contributed by atoms with E-state index >= 15 is 0 Å². The zero-order valence-electron chi connectivity index (χ0n) is 14.8. The van der Waals surface area contributed by atoms with E-state index in [9.17, 15) is 9.59 Å². The second kappa shape index (κ2) is 8.48. The van der Waals surface area contributed by atoms with Crippen molar-refractivity contribution in [3.63, 3.8) is 0 Å². The van der Waals surface area contributed by atoms with Gasteiger partial charge in [-0.3, -0.25) is 9.59 Å². The van der Waals surface area contributed by atoms with Gasteiger partial charge in [0.25, 0.3) is 5.91 Å². The summed E-state index contributed by atoms with van der Waals surface area (Å²) >= 11 is 0. The largest absolute Gasteiger partial charge is 0.456 e. The molecule has 1 aromatic carbocycles. The van der Waals surface area contributed by atoms with E-state index < -0.39 is 0 Å². The van der Waals surface area contributed by atoms with Gasteiger partial charge in [0.2, 0.25) is 5.91 Å². The Morgan fingerprint density at radius 3 is 2.40 bits per heavy atom. The third-order valence-electron chi connectivity index (χ3n) is 3.90. The summed E-state index contributed by atoms with van der Waals surface area (Å²) in [6.07, 6.45) is 0.903. The summed E-state index contributed by atoms with van der Waals surface area (Å²) < 4.78 is 5.40. The molecule has 6 heteroatoms. The number of furan rings is 1. The number of carbonyl (C=O) groups is 2. The van der Waals surface area contributed by atoms with Crippen LogP contribution >= 0.6 is 0 Å². The van der Waals surface area contributed by atoms with E-state index in [1.165, 1.54) is 0 Å². The van der Waals surface area contributed by atoms with Crippen molar-refractivity contribution >= 4 is 17.5 Å². The minimum Gasteiger partial charge on any atom is -0.456 e. The van der Waals surface area contributed by atoms with Crippen LogP contribution in [0.1, 0.15) is 40.8 Å². The molecule has 0 aliphatic carbocycles. The molecule has 1 aromatic heterocycles. The Kier molecular flexibility index (Phi) is 6.36. The first-order valence-corrected chi connectivity index (χ1v) is 8.30. The fraction of sp³-hybridized carbons (Fsp3) is 0.368. The zero-order chi connectivity index (χ0) is 18.4. The number of aryl methyl sites for hydroxylation is 2. The molecule has 2 aromatic rings. The average Bonchev–Trinajstić information content (AvgIpc) is 2.93. The highest BCUT2D eigenvalue weighted by atomic mass is 16.3. The van der Waals surface area contributed by atoms with Crippen molar-refractivity contribution < 1.29 is 19.1 Å². The number of aliphatic hydroxyl groups is 1. The van der Waals surface area contributed by atoms with Gasteiger partial charge < -0.3 is 20.2 Å². The first-order valence-electron chi connectivity index (χ1n) is 8.30. The standard InChI is InChI=1S/C19H24N2O4/c1-4-15(11-22)20-17(23)10-14-5-7-16(8-6-14)21-19(24)18-12(2)9-13(3)25-18/h5-9,15,22H,4,10-11H2,1-3H3,(H,20,23)(H,21,24). The summed E-state index contributed by atoms with van der Waals surface area (Å²) in [7, 11) is 0. The Hall–Kier alpha value is -2.60. The minimum absolute atomic E-state index is 0.0706. The predicted octanol–water partition coefficient (Wildman–Crippen LogP) is 2.58. The molecular formula is C19H24N2O4. The molecule has 0 fully saturated rings. The van der Waals surface area contributed by atoms with Crippen molar-refractivity contribution in [2.24, 2.45) is 0 Å². The SMILES string of the molecule is CCC(CO)NC(=O)Cc1ccc(NC(=O)c2oc(C)cc2C)cc1. The summed E-state index contributed by atoms with van der Waals surface area (Å²) in [4.78, 5) is 24.1. The summed E-state index contributed by atoms with van der Waals surface area (Å²) in [5.41, 5.74) is 2.25. The lowest BCUT2D eigenvalue weighted by atomic mass is 10.1. The van der Waals surface area contributed by atoms with Gasteiger partial charge in [0.15, 0.2) is 5.76 Å². The average molecular weight is 344 g/mol. The number of hydrogen-bond donors (Lipinski definition) is 3. The summed E-state index contributed by atoms with van der Waals surface area (Å²) in [5, 5.41) is 14.7. The first kappa shape index (κ1) is 18.7. The number of amides is 2. The van der Waals surface area contributed by atoms with E-state index in [-0.39, 0.29) is 30.9 Å². The molecule has 134 valence electrons. The van der Waals surface area contributed by atoms with Gasteiger partial charge in [-0.1, -0.05) is 19.1 Å². The molecule has 0 aliphatic heterocycles. The molecule has 0 saturated heterocycles. The number of nitrogens with one attached hydrogen (secondary N) is 2. The Labute approximate surface area is 147 Å². The van der Waals surface area contributed by atoms with Gasteiger partial charge in [0, 0.05) is 11.3 Å². The summed E-state index contributed by atoms with van der Waals surface area (Å²) in [5.74, 6) is 0.553. The number of rotatable bonds is 7. The van der Waals surface area contributed by atoms with Crippen LogP contribution in [0.25, 0.3) is 0 Å². The van der Waals surface area contributed by atoms with Crippen LogP contribution in [0.5, 0.6) is 0 Å². The Bertz CT molecular complexity index is 730. The van der Waals surface area contributed by atoms with E-state index in [2.05, 4.69) is 10.6 Å². The smallest absolute Gasteiger partial charge is 0.291 e. The van der Waals surface area contributed by atoms with Gasteiger partial charge in [-0.05, 0) is 44.0 Å². The third-order valence-corrected chi connectivity index (χ3v) is 3.90. The van der Waals surface area contributed by atoms with Gasteiger partial charge >= 0.3 is 0 Å². The molecule has 25 heavy (non-hydrogen) atoms. The lowest BCUT2D eigenvalue weighted by Gasteiger charge is -2.14. The van der Waals surface area contributed by atoms with E-state index in [4.69, 9.17) is 9.52 Å². The second-order valence-electron chi connectivity index (χ2n) is 6.05. The lowest BCUT2D eigenvalue weighted by Crippen LogP contribution is -2.37. The Morgan fingerprint density at radius 1 is 1.20 bits per heavy atom. The molecule has 2 amide bonds. The molecular weight excluding hydrogens is 320 g/mol. The number of anilines is 1. The van der Waals surface area contributed by atoms with Crippen LogP contribution in [-0.2, 0) is 11.2 Å². The Balaban J connectivity index is 1.94. The monoisotopic (exact) mass is 344 g/mol. The molecule has 1 unspecified atom stereocenters. The molecule has 0 radical (unpaired) electrons. The van der Waals surface area contributed by atoms with Gasteiger partial charge in [0.05, 0.1) is 19.1 Å². The third kappa shape index (κ3) is 5.19. The molecule has 3 N–H and O–H groups in total. The van der Waals surface area contributed by atoms with Crippen LogP contribution in [0, 0.1) is 13.8 Å². The molecule has 1 atom stereocenters. The quantitative estimate of drug-likeness (QED) is 0.720. The number of aliphatic hydroxyl groups excluding tert-OH is 1. The highest BCUT2D eigenvalue weighted by Crippen LogP contribution is 2.17. The fourth-order valence-electron chi connectivity index (χ4n) is 2.50. The van der Waals surface area contributed by atoms with Gasteiger partial charge in [-0.2, -0.15) is 0 Å². The molecule has 2 rings (SSSR count). The maximum Gasteiger partial charge on any atom is 0.291 e. The van der Waals surface area contributed by atoms with Gasteiger partial charge in [-0.15, -0.1) is 0 Å². The van der Waals surface area contributed by atoms with E-state index in [1.807, 2.05) is 19.9 Å². The second-order valence-corrected chi connectivity index (χ2v) is 6.05. The molecule has 1 heterocycles. The number of hydrogen-bond acceptors (Lipinski definition) is 4. The summed E-state index contributed by atoms with van der Waals surface area (Å²) in [6, 6.07) is 8.66. The van der Waals surface area contributed by atoms with Crippen LogP contribution in [0.15, 0.2) is 34.7 Å². The topological polar surface area (TPSA) is 91.6 Å².